The third kappa shape index (κ3) is 10.5. The molecule has 0 aliphatic carbocycles. The molecule has 0 fully saturated rings. The maximum absolute atomic E-state index is 12.2. The molecule has 0 aliphatic heterocycles. The van der Waals surface area contributed by atoms with Gasteiger partial charge in [-0.3, -0.25) is 9.69 Å². The minimum absolute atomic E-state index is 0.222. The van der Waals surface area contributed by atoms with Gasteiger partial charge in [0.2, 0.25) is 11.4 Å². The summed E-state index contributed by atoms with van der Waals surface area (Å²) in [5.74, 6) is 2.33. The molecule has 10 heteroatoms. The van der Waals surface area contributed by atoms with Gasteiger partial charge in [0, 0.05) is 18.0 Å². The van der Waals surface area contributed by atoms with Crippen LogP contribution in [0, 0.1) is 0 Å². The highest BCUT2D eigenvalue weighted by atomic mass is 16.5. The first-order valence-electron chi connectivity index (χ1n) is 19.6. The molecule has 10 nitrogen and oxygen atoms in total. The Bertz CT molecular complexity index is 2100. The Kier molecular flexibility index (Phi) is 14.5. The molecule has 4 aromatic carbocycles. The number of fused-ring (bicyclic) bond motifs is 1. The number of aromatic amines is 1. The molecule has 0 radical (unpaired) electrons. The molecule has 6 aromatic rings. The van der Waals surface area contributed by atoms with Gasteiger partial charge in [-0.25, -0.2) is 4.98 Å². The molecule has 0 aliphatic rings. The highest BCUT2D eigenvalue weighted by Crippen LogP contribution is 2.36. The predicted octanol–water partition coefficient (Wildman–Crippen LogP) is 7.87. The third-order valence-corrected chi connectivity index (χ3v) is 10.2. The second kappa shape index (κ2) is 20.1. The fourth-order valence-corrected chi connectivity index (χ4v) is 7.07. The van der Waals surface area contributed by atoms with E-state index in [0.717, 1.165) is 60.4 Å². The van der Waals surface area contributed by atoms with Crippen molar-refractivity contribution in [2.75, 3.05) is 33.8 Å². The van der Waals surface area contributed by atoms with Gasteiger partial charge in [-0.05, 0) is 79.5 Å². The molecule has 6 rings (SSSR count). The number of aliphatic hydroxyl groups is 2. The number of methoxy groups -OCH3 is 1. The molecule has 0 bridgehead atoms. The molecule has 56 heavy (non-hydrogen) atoms. The van der Waals surface area contributed by atoms with Crippen molar-refractivity contribution in [2.24, 2.45) is 0 Å². The second-order valence-electron chi connectivity index (χ2n) is 14.4. The largest absolute Gasteiger partial charge is 0.497 e. The molecule has 0 unspecified atom stereocenters. The highest BCUT2D eigenvalue weighted by molar-refractivity contribution is 5.87. The average Bonchev–Trinajstić information content (AvgIpc) is 3.71. The van der Waals surface area contributed by atoms with Crippen LogP contribution in [0.5, 0.6) is 11.5 Å². The molecule has 1 atom stereocenters. The number of benzene rings is 4. The third-order valence-electron chi connectivity index (χ3n) is 10.2. The van der Waals surface area contributed by atoms with Gasteiger partial charge in [-0.2, -0.15) is 0 Å². The summed E-state index contributed by atoms with van der Waals surface area (Å²) in [6.45, 7) is 3.16. The van der Waals surface area contributed by atoms with E-state index in [1.165, 1.54) is 31.7 Å². The number of hydrogen-bond donors (Lipinski definition) is 4. The van der Waals surface area contributed by atoms with E-state index in [2.05, 4.69) is 27.2 Å². The fraction of sp³-hybridized carbons (Fsp3) is 0.348. The van der Waals surface area contributed by atoms with E-state index < -0.39 is 11.7 Å². The van der Waals surface area contributed by atoms with Gasteiger partial charge >= 0.3 is 0 Å². The van der Waals surface area contributed by atoms with Gasteiger partial charge < -0.3 is 34.4 Å². The maximum Gasteiger partial charge on any atom is 0.248 e. The zero-order valence-electron chi connectivity index (χ0n) is 32.5. The van der Waals surface area contributed by atoms with Crippen molar-refractivity contribution in [3.63, 3.8) is 0 Å². The molecule has 2 aromatic heterocycles. The summed E-state index contributed by atoms with van der Waals surface area (Å²) in [5, 5.41) is 27.2. The lowest BCUT2D eigenvalue weighted by Crippen LogP contribution is -2.29. The zero-order chi connectivity index (χ0) is 39.2. The number of aromatic nitrogens is 2. The Morgan fingerprint density at radius 2 is 1.50 bits per heavy atom. The summed E-state index contributed by atoms with van der Waals surface area (Å²) in [6.07, 6.45) is 9.04. The van der Waals surface area contributed by atoms with Crippen molar-refractivity contribution in [1.82, 2.24) is 20.2 Å². The van der Waals surface area contributed by atoms with Crippen LogP contribution >= 0.6 is 0 Å². The summed E-state index contributed by atoms with van der Waals surface area (Å²) in [5.41, 5.74) is 2.03. The van der Waals surface area contributed by atoms with E-state index in [9.17, 15) is 15.0 Å². The number of aliphatic hydroxyl groups excluding tert-OH is 1. The first kappa shape index (κ1) is 40.4. The van der Waals surface area contributed by atoms with Gasteiger partial charge in [-0.1, -0.05) is 111 Å². The van der Waals surface area contributed by atoms with Crippen LogP contribution in [-0.2, 0) is 18.8 Å². The maximum atomic E-state index is 12.2. The summed E-state index contributed by atoms with van der Waals surface area (Å²) < 4.78 is 17.5. The Balaban J connectivity index is 0.860. The van der Waals surface area contributed by atoms with E-state index in [1.54, 1.807) is 19.4 Å². The standard InChI is InChI=1S/C46H54N4O6/c1-50(32-38-30-48-45(56-38)46(53,35-16-10-8-11-17-35)36-18-12-9-13-19-36)29-15-7-5-3-4-6-14-28-47-31-41(51)39-24-26-42(44-40(39)25-27-43(52)49-44)55-33-34-20-22-37(54-2)23-21-34/h8-13,16-27,30,41,47,51,53H,3-7,14-15,28-29,31-33H2,1-2H3,(H,49,52)/t41-/m0/s1. The molecule has 294 valence electrons. The van der Waals surface area contributed by atoms with Crippen LogP contribution < -0.4 is 20.3 Å². The van der Waals surface area contributed by atoms with Crippen molar-refractivity contribution in [3.8, 4) is 11.5 Å². The van der Waals surface area contributed by atoms with E-state index in [-0.39, 0.29) is 11.4 Å². The van der Waals surface area contributed by atoms with Crippen LogP contribution in [-0.4, -0.2) is 58.9 Å². The van der Waals surface area contributed by atoms with Gasteiger partial charge in [0.15, 0.2) is 5.60 Å². The van der Waals surface area contributed by atoms with E-state index in [1.807, 2.05) is 97.1 Å². The summed E-state index contributed by atoms with van der Waals surface area (Å²) >= 11 is 0. The monoisotopic (exact) mass is 758 g/mol. The van der Waals surface area contributed by atoms with Crippen LogP contribution in [0.1, 0.15) is 85.0 Å². The molecule has 0 amide bonds. The van der Waals surface area contributed by atoms with E-state index >= 15 is 0 Å². The molecule has 2 heterocycles. The fourth-order valence-electron chi connectivity index (χ4n) is 7.07. The number of H-pyrrole nitrogens is 1. The van der Waals surface area contributed by atoms with Gasteiger partial charge in [0.1, 0.15) is 23.9 Å². The van der Waals surface area contributed by atoms with Gasteiger partial charge in [0.25, 0.3) is 0 Å². The van der Waals surface area contributed by atoms with Crippen LogP contribution in [0.3, 0.4) is 0 Å². The molecule has 0 saturated carbocycles. The van der Waals surface area contributed by atoms with Crippen molar-refractivity contribution < 1.29 is 24.1 Å². The summed E-state index contributed by atoms with van der Waals surface area (Å²) in [6, 6.07) is 33.6. The van der Waals surface area contributed by atoms with Crippen LogP contribution in [0.25, 0.3) is 10.9 Å². The number of rotatable bonds is 22. The van der Waals surface area contributed by atoms with E-state index in [0.29, 0.717) is 42.1 Å². The lowest BCUT2D eigenvalue weighted by atomic mass is 9.86. The number of ether oxygens (including phenoxy) is 2. The van der Waals surface area contributed by atoms with Crippen molar-refractivity contribution in [1.29, 1.82) is 0 Å². The van der Waals surface area contributed by atoms with Crippen molar-refractivity contribution in [3.05, 3.63) is 160 Å². The first-order valence-corrected chi connectivity index (χ1v) is 19.6. The average molecular weight is 759 g/mol. The second-order valence-corrected chi connectivity index (χ2v) is 14.4. The summed E-state index contributed by atoms with van der Waals surface area (Å²) in [7, 11) is 3.72. The highest BCUT2D eigenvalue weighted by Gasteiger charge is 2.38. The molecule has 4 N–H and O–H groups in total. The van der Waals surface area contributed by atoms with Crippen LogP contribution in [0.2, 0.25) is 0 Å². The number of oxazole rings is 1. The van der Waals surface area contributed by atoms with Crippen LogP contribution in [0.4, 0.5) is 0 Å². The summed E-state index contributed by atoms with van der Waals surface area (Å²) in [4.78, 5) is 21.9. The Morgan fingerprint density at radius 3 is 2.18 bits per heavy atom. The van der Waals surface area contributed by atoms with Gasteiger partial charge in [-0.15, -0.1) is 0 Å². The molecule has 0 saturated heterocycles. The van der Waals surface area contributed by atoms with Gasteiger partial charge in [0.05, 0.1) is 31.5 Å². The van der Waals surface area contributed by atoms with Crippen molar-refractivity contribution >= 4 is 10.9 Å². The molecule has 0 spiro atoms. The van der Waals surface area contributed by atoms with Crippen LogP contribution in [0.15, 0.2) is 125 Å². The number of unbranched alkanes of at least 4 members (excludes halogenated alkanes) is 6. The number of nitrogens with zero attached hydrogens (tertiary/aromatic N) is 2. The molecular weight excluding hydrogens is 705 g/mol. The number of pyridine rings is 1. The molecular formula is C46H54N4O6. The quantitative estimate of drug-likeness (QED) is 0.0511. The Morgan fingerprint density at radius 1 is 0.839 bits per heavy atom. The SMILES string of the molecule is COc1ccc(COc2ccc([C@@H](O)CNCCCCCCCCCN(C)Cc3cnc(C(O)(c4ccccc4)c4ccccc4)o3)c3ccc(=O)[nH]c23)cc1. The predicted molar refractivity (Wildman–Crippen MR) is 220 cm³/mol. The Hall–Kier alpha value is -5.26. The van der Waals surface area contributed by atoms with Crippen molar-refractivity contribution in [2.45, 2.75) is 69.8 Å². The van der Waals surface area contributed by atoms with E-state index in [4.69, 9.17) is 13.9 Å². The number of nitrogens with one attached hydrogen (secondary N) is 2. The minimum atomic E-state index is -1.47. The minimum Gasteiger partial charge on any atom is -0.497 e. The first-order chi connectivity index (χ1) is 27.3. The Labute approximate surface area is 329 Å². The smallest absolute Gasteiger partial charge is 0.248 e. The zero-order valence-corrected chi connectivity index (χ0v) is 32.5. The topological polar surface area (TPSA) is 133 Å². The number of hydrogen-bond acceptors (Lipinski definition) is 9. The normalized spacial score (nSPS) is 12.3. The lowest BCUT2D eigenvalue weighted by Gasteiger charge is -2.26. The lowest BCUT2D eigenvalue weighted by molar-refractivity contribution is 0.0900.